The summed E-state index contributed by atoms with van der Waals surface area (Å²) in [6.07, 6.45) is 1.06. The smallest absolute Gasteiger partial charge is 0.305 e. The first-order valence-corrected chi connectivity index (χ1v) is 6.99. The van der Waals surface area contributed by atoms with Gasteiger partial charge >= 0.3 is 5.97 Å². The molecule has 0 atom stereocenters. The molecule has 2 rings (SSSR count). The third kappa shape index (κ3) is 3.54. The van der Waals surface area contributed by atoms with Gasteiger partial charge in [0.1, 0.15) is 0 Å². The second kappa shape index (κ2) is 7.00. The molecule has 5 nitrogen and oxygen atoms in total. The Labute approximate surface area is 122 Å². The fourth-order valence-electron chi connectivity index (χ4n) is 1.95. The summed E-state index contributed by atoms with van der Waals surface area (Å²) in [5.41, 5.74) is 0.996. The molecule has 106 valence electrons. The molecule has 0 bridgehead atoms. The van der Waals surface area contributed by atoms with Crippen LogP contribution in [0.25, 0.3) is 11.4 Å². The van der Waals surface area contributed by atoms with Gasteiger partial charge in [-0.2, -0.15) is 5.10 Å². The number of carbonyl (C=O) groups is 1. The van der Waals surface area contributed by atoms with E-state index in [9.17, 15) is 4.79 Å². The van der Waals surface area contributed by atoms with Gasteiger partial charge in [-0.3, -0.25) is 9.89 Å². The maximum absolute atomic E-state index is 11.3. The van der Waals surface area contributed by atoms with Crippen LogP contribution in [0.4, 0.5) is 0 Å². The van der Waals surface area contributed by atoms with Crippen molar-refractivity contribution in [2.24, 2.45) is 0 Å². The van der Waals surface area contributed by atoms with Crippen LogP contribution in [0.5, 0.6) is 0 Å². The first-order chi connectivity index (χ1) is 9.72. The van der Waals surface area contributed by atoms with Crippen molar-refractivity contribution in [2.75, 3.05) is 6.61 Å². The molecular weight excluding hydrogens is 274 g/mol. The Bertz CT molecular complexity index is 619. The molecule has 1 aromatic carbocycles. The van der Waals surface area contributed by atoms with E-state index in [4.69, 9.17) is 17.0 Å². The molecule has 1 N–H and O–H groups in total. The number of rotatable bonds is 6. The lowest BCUT2D eigenvalue weighted by atomic mass is 10.2. The summed E-state index contributed by atoms with van der Waals surface area (Å²) < 4.78 is 7.38. The minimum Gasteiger partial charge on any atom is -0.466 e. The van der Waals surface area contributed by atoms with Crippen molar-refractivity contribution in [2.45, 2.75) is 26.3 Å². The number of esters is 1. The quantitative estimate of drug-likeness (QED) is 0.656. The molecule has 2 aromatic rings. The van der Waals surface area contributed by atoms with Crippen molar-refractivity contribution in [3.63, 3.8) is 0 Å². The summed E-state index contributed by atoms with van der Waals surface area (Å²) >= 11 is 5.23. The van der Waals surface area contributed by atoms with E-state index in [-0.39, 0.29) is 5.97 Å². The van der Waals surface area contributed by atoms with Gasteiger partial charge in [-0.15, -0.1) is 0 Å². The van der Waals surface area contributed by atoms with E-state index in [1.54, 1.807) is 6.92 Å². The van der Waals surface area contributed by atoms with Crippen molar-refractivity contribution in [3.8, 4) is 11.4 Å². The van der Waals surface area contributed by atoms with Gasteiger partial charge in [0.05, 0.1) is 6.61 Å². The average Bonchev–Trinajstić information content (AvgIpc) is 2.82. The molecule has 1 aromatic heterocycles. The topological polar surface area (TPSA) is 59.9 Å². The van der Waals surface area contributed by atoms with Gasteiger partial charge in [0.25, 0.3) is 0 Å². The van der Waals surface area contributed by atoms with Crippen LogP contribution < -0.4 is 0 Å². The molecule has 0 radical (unpaired) electrons. The fraction of sp³-hybridized carbons (Fsp3) is 0.357. The first-order valence-electron chi connectivity index (χ1n) is 6.58. The highest BCUT2D eigenvalue weighted by atomic mass is 32.1. The SMILES string of the molecule is CCOC(=O)CCCn1c(-c2ccccc2)n[nH]c1=S. The molecule has 0 unspecified atom stereocenters. The Morgan fingerprint density at radius 3 is 2.85 bits per heavy atom. The summed E-state index contributed by atoms with van der Waals surface area (Å²) in [4.78, 5) is 11.3. The first kappa shape index (κ1) is 14.5. The number of hydrogen-bond acceptors (Lipinski definition) is 4. The van der Waals surface area contributed by atoms with Crippen molar-refractivity contribution in [1.82, 2.24) is 14.8 Å². The monoisotopic (exact) mass is 291 g/mol. The van der Waals surface area contributed by atoms with Crippen LogP contribution in [0.3, 0.4) is 0 Å². The minimum absolute atomic E-state index is 0.177. The molecule has 0 amide bonds. The maximum atomic E-state index is 11.3. The molecule has 0 saturated heterocycles. The Morgan fingerprint density at radius 2 is 2.15 bits per heavy atom. The van der Waals surface area contributed by atoms with Crippen molar-refractivity contribution < 1.29 is 9.53 Å². The van der Waals surface area contributed by atoms with Crippen molar-refractivity contribution in [3.05, 3.63) is 35.1 Å². The number of aromatic nitrogens is 3. The van der Waals surface area contributed by atoms with Gasteiger partial charge in [-0.1, -0.05) is 30.3 Å². The van der Waals surface area contributed by atoms with Crippen LogP contribution >= 0.6 is 12.2 Å². The Kier molecular flexibility index (Phi) is 5.06. The van der Waals surface area contributed by atoms with Crippen LogP contribution in [0.15, 0.2) is 30.3 Å². The minimum atomic E-state index is -0.177. The summed E-state index contributed by atoms with van der Waals surface area (Å²) in [6.45, 7) is 2.86. The molecule has 0 saturated carbocycles. The van der Waals surface area contributed by atoms with Crippen molar-refractivity contribution in [1.29, 1.82) is 0 Å². The molecule has 0 aliphatic rings. The number of hydrogen-bond donors (Lipinski definition) is 1. The lowest BCUT2D eigenvalue weighted by Crippen LogP contribution is -2.07. The number of carbonyl (C=O) groups excluding carboxylic acids is 1. The third-order valence-corrected chi connectivity index (χ3v) is 3.17. The standard InChI is InChI=1S/C14H17N3O2S/c1-2-19-12(18)9-6-10-17-13(15-16-14(17)20)11-7-4-3-5-8-11/h3-5,7-8H,2,6,9-10H2,1H3,(H,16,20). The summed E-state index contributed by atoms with van der Waals surface area (Å²) in [6, 6.07) is 9.82. The predicted molar refractivity (Wildman–Crippen MR) is 78.7 cm³/mol. The van der Waals surface area contributed by atoms with E-state index >= 15 is 0 Å². The molecule has 6 heteroatoms. The second-order valence-electron chi connectivity index (χ2n) is 4.28. The maximum Gasteiger partial charge on any atom is 0.305 e. The molecule has 0 fully saturated rings. The van der Waals surface area contributed by atoms with Crippen LogP contribution in [-0.4, -0.2) is 27.3 Å². The highest BCUT2D eigenvalue weighted by Crippen LogP contribution is 2.17. The van der Waals surface area contributed by atoms with Crippen LogP contribution in [0.2, 0.25) is 0 Å². The summed E-state index contributed by atoms with van der Waals surface area (Å²) in [5.74, 6) is 0.614. The molecule has 0 spiro atoms. The number of ether oxygens (including phenoxy) is 1. The number of nitrogens with one attached hydrogen (secondary N) is 1. The lowest BCUT2D eigenvalue weighted by molar-refractivity contribution is -0.143. The summed E-state index contributed by atoms with van der Waals surface area (Å²) in [7, 11) is 0. The fourth-order valence-corrected chi connectivity index (χ4v) is 2.17. The van der Waals surface area contributed by atoms with E-state index in [0.717, 1.165) is 11.4 Å². The van der Waals surface area contributed by atoms with Gasteiger partial charge in [-0.05, 0) is 25.6 Å². The lowest BCUT2D eigenvalue weighted by Gasteiger charge is -2.06. The second-order valence-corrected chi connectivity index (χ2v) is 4.67. The zero-order valence-corrected chi connectivity index (χ0v) is 12.2. The van der Waals surface area contributed by atoms with E-state index in [1.807, 2.05) is 34.9 Å². The van der Waals surface area contributed by atoms with E-state index in [2.05, 4.69) is 10.2 Å². The highest BCUT2D eigenvalue weighted by molar-refractivity contribution is 7.71. The zero-order valence-electron chi connectivity index (χ0n) is 11.3. The third-order valence-electron chi connectivity index (χ3n) is 2.86. The van der Waals surface area contributed by atoms with E-state index in [1.165, 1.54) is 0 Å². The van der Waals surface area contributed by atoms with Gasteiger partial charge in [0.15, 0.2) is 10.6 Å². The summed E-state index contributed by atoms with van der Waals surface area (Å²) in [5, 5.41) is 7.05. The van der Waals surface area contributed by atoms with Crippen LogP contribution in [0, 0.1) is 4.77 Å². The number of H-pyrrole nitrogens is 1. The zero-order chi connectivity index (χ0) is 14.4. The molecule has 0 aliphatic heterocycles. The Balaban J connectivity index is 2.07. The Hall–Kier alpha value is -1.95. The van der Waals surface area contributed by atoms with Gasteiger partial charge in [0.2, 0.25) is 0 Å². The Morgan fingerprint density at radius 1 is 1.40 bits per heavy atom. The van der Waals surface area contributed by atoms with Crippen molar-refractivity contribution >= 4 is 18.2 Å². The van der Waals surface area contributed by atoms with E-state index < -0.39 is 0 Å². The largest absolute Gasteiger partial charge is 0.466 e. The number of nitrogens with zero attached hydrogens (tertiary/aromatic N) is 2. The highest BCUT2D eigenvalue weighted by Gasteiger charge is 2.09. The van der Waals surface area contributed by atoms with Crippen LogP contribution in [-0.2, 0) is 16.1 Å². The molecular formula is C14H17N3O2S. The average molecular weight is 291 g/mol. The van der Waals surface area contributed by atoms with Gasteiger partial charge in [0, 0.05) is 18.5 Å². The molecule has 1 heterocycles. The van der Waals surface area contributed by atoms with E-state index in [0.29, 0.717) is 30.8 Å². The normalized spacial score (nSPS) is 10.4. The molecule has 0 aliphatic carbocycles. The number of aromatic amines is 1. The van der Waals surface area contributed by atoms with Gasteiger partial charge < -0.3 is 9.30 Å². The molecule has 20 heavy (non-hydrogen) atoms. The van der Waals surface area contributed by atoms with Gasteiger partial charge in [-0.25, -0.2) is 0 Å². The predicted octanol–water partition coefficient (Wildman–Crippen LogP) is 2.95. The number of benzene rings is 1. The van der Waals surface area contributed by atoms with Crippen LogP contribution in [0.1, 0.15) is 19.8 Å².